The van der Waals surface area contributed by atoms with Crippen LogP contribution in [0.1, 0.15) is 78.1 Å². The summed E-state index contributed by atoms with van der Waals surface area (Å²) >= 11 is 0. The Morgan fingerprint density at radius 1 is 1.00 bits per heavy atom. The molecule has 1 N–H and O–H groups in total. The summed E-state index contributed by atoms with van der Waals surface area (Å²) < 4.78 is 39.8. The van der Waals surface area contributed by atoms with Crippen molar-refractivity contribution in [1.82, 2.24) is 5.32 Å². The van der Waals surface area contributed by atoms with E-state index in [0.29, 0.717) is 6.42 Å². The van der Waals surface area contributed by atoms with Crippen molar-refractivity contribution in [1.29, 1.82) is 0 Å². The molecule has 0 radical (unpaired) electrons. The van der Waals surface area contributed by atoms with Crippen molar-refractivity contribution >= 4 is 0 Å². The Hall–Kier alpha value is -0.250. The smallest absolute Gasteiger partial charge is 0.314 e. The molecule has 1 aliphatic rings. The molecular weight excluding hydrogens is 275 g/mol. The zero-order chi connectivity index (χ0) is 15.7. The third-order valence-electron chi connectivity index (χ3n) is 4.84. The van der Waals surface area contributed by atoms with E-state index in [-0.39, 0.29) is 12.0 Å². The standard InChI is InChI=1S/C17H32F3N/c1-3-5-6-7-8-13-16(21-4-2)14-11-9-10-12-15(14)17(18,19)20/h14-16,21H,3-13H2,1-2H3. The van der Waals surface area contributed by atoms with Crippen molar-refractivity contribution in [3.05, 3.63) is 0 Å². The lowest BCUT2D eigenvalue weighted by Crippen LogP contribution is -2.45. The van der Waals surface area contributed by atoms with Crippen LogP contribution < -0.4 is 5.32 Å². The van der Waals surface area contributed by atoms with Gasteiger partial charge < -0.3 is 5.32 Å². The van der Waals surface area contributed by atoms with Crippen LogP contribution in [0, 0.1) is 11.8 Å². The van der Waals surface area contributed by atoms with Crippen LogP contribution in [0.15, 0.2) is 0 Å². The minimum absolute atomic E-state index is 0.0450. The van der Waals surface area contributed by atoms with E-state index in [9.17, 15) is 13.2 Å². The summed E-state index contributed by atoms with van der Waals surface area (Å²) in [6, 6.07) is 0.0450. The van der Waals surface area contributed by atoms with Gasteiger partial charge in [-0.15, -0.1) is 0 Å². The number of alkyl halides is 3. The molecule has 1 rings (SSSR count). The Balaban J connectivity index is 2.55. The minimum Gasteiger partial charge on any atom is -0.314 e. The fourth-order valence-electron chi connectivity index (χ4n) is 3.75. The van der Waals surface area contributed by atoms with E-state index in [4.69, 9.17) is 0 Å². The van der Waals surface area contributed by atoms with Gasteiger partial charge in [0.1, 0.15) is 0 Å². The first kappa shape index (κ1) is 18.8. The molecule has 1 fully saturated rings. The Morgan fingerprint density at radius 2 is 1.67 bits per heavy atom. The molecule has 1 nitrogen and oxygen atoms in total. The Kier molecular flexibility index (Phi) is 8.69. The molecule has 126 valence electrons. The number of halogens is 3. The first-order chi connectivity index (χ1) is 10.0. The van der Waals surface area contributed by atoms with E-state index in [2.05, 4.69) is 12.2 Å². The van der Waals surface area contributed by atoms with Crippen molar-refractivity contribution in [3.63, 3.8) is 0 Å². The van der Waals surface area contributed by atoms with Crippen molar-refractivity contribution in [3.8, 4) is 0 Å². The maximum atomic E-state index is 13.3. The predicted octanol–water partition coefficient (Wildman–Crippen LogP) is 5.69. The number of hydrogen-bond donors (Lipinski definition) is 1. The van der Waals surface area contributed by atoms with Crippen LogP contribution >= 0.6 is 0 Å². The largest absolute Gasteiger partial charge is 0.392 e. The van der Waals surface area contributed by atoms with Crippen LogP contribution in [0.25, 0.3) is 0 Å². The zero-order valence-corrected chi connectivity index (χ0v) is 13.6. The molecule has 0 aromatic carbocycles. The quantitative estimate of drug-likeness (QED) is 0.539. The number of rotatable bonds is 9. The molecule has 0 aliphatic heterocycles. The van der Waals surface area contributed by atoms with Gasteiger partial charge in [0.15, 0.2) is 0 Å². The Bertz CT molecular complexity index is 265. The van der Waals surface area contributed by atoms with Crippen molar-refractivity contribution in [2.75, 3.05) is 6.54 Å². The minimum atomic E-state index is -4.03. The lowest BCUT2D eigenvalue weighted by Gasteiger charge is -2.38. The first-order valence-electron chi connectivity index (χ1n) is 8.80. The highest BCUT2D eigenvalue weighted by Crippen LogP contribution is 2.43. The van der Waals surface area contributed by atoms with Crippen molar-refractivity contribution < 1.29 is 13.2 Å². The highest BCUT2D eigenvalue weighted by atomic mass is 19.4. The van der Waals surface area contributed by atoms with Crippen LogP contribution in [0.5, 0.6) is 0 Å². The van der Waals surface area contributed by atoms with Crippen LogP contribution in [0.3, 0.4) is 0 Å². The number of unbranched alkanes of at least 4 members (excludes halogenated alkanes) is 4. The van der Waals surface area contributed by atoms with Gasteiger partial charge in [-0.2, -0.15) is 13.2 Å². The van der Waals surface area contributed by atoms with Gasteiger partial charge >= 0.3 is 6.18 Å². The Labute approximate surface area is 128 Å². The van der Waals surface area contributed by atoms with E-state index in [1.807, 2.05) is 6.92 Å². The van der Waals surface area contributed by atoms with Gasteiger partial charge in [0.05, 0.1) is 5.92 Å². The monoisotopic (exact) mass is 307 g/mol. The van der Waals surface area contributed by atoms with Crippen LogP contribution in [-0.4, -0.2) is 18.8 Å². The second-order valence-electron chi connectivity index (χ2n) is 6.46. The molecule has 0 bridgehead atoms. The first-order valence-corrected chi connectivity index (χ1v) is 8.80. The second kappa shape index (κ2) is 9.70. The average molecular weight is 307 g/mol. The summed E-state index contributed by atoms with van der Waals surface area (Å²) in [6.07, 6.45) is 5.47. The molecule has 4 heteroatoms. The molecule has 0 aromatic rings. The lowest BCUT2D eigenvalue weighted by atomic mass is 9.73. The molecule has 0 aromatic heterocycles. The third-order valence-corrected chi connectivity index (χ3v) is 4.84. The van der Waals surface area contributed by atoms with Crippen LogP contribution in [0.4, 0.5) is 13.2 Å². The SMILES string of the molecule is CCCCCCCC(NCC)C1CCCCC1C(F)(F)F. The second-order valence-corrected chi connectivity index (χ2v) is 6.46. The molecule has 1 aliphatic carbocycles. The average Bonchev–Trinajstić information content (AvgIpc) is 2.45. The molecule has 3 atom stereocenters. The van der Waals surface area contributed by atoms with Gasteiger partial charge in [0.2, 0.25) is 0 Å². The molecule has 0 amide bonds. The number of hydrogen-bond acceptors (Lipinski definition) is 1. The van der Waals surface area contributed by atoms with Gasteiger partial charge in [-0.1, -0.05) is 58.8 Å². The fraction of sp³-hybridized carbons (Fsp3) is 1.00. The van der Waals surface area contributed by atoms with Gasteiger partial charge in [0, 0.05) is 6.04 Å². The van der Waals surface area contributed by atoms with Gasteiger partial charge in [0.25, 0.3) is 0 Å². The molecular formula is C17H32F3N. The molecule has 0 saturated heterocycles. The summed E-state index contributed by atoms with van der Waals surface area (Å²) in [5, 5.41) is 3.35. The lowest BCUT2D eigenvalue weighted by molar-refractivity contribution is -0.199. The number of nitrogens with one attached hydrogen (secondary N) is 1. The molecule has 0 heterocycles. The summed E-state index contributed by atoms with van der Waals surface area (Å²) in [5.41, 5.74) is 0. The summed E-state index contributed by atoms with van der Waals surface area (Å²) in [4.78, 5) is 0. The van der Waals surface area contributed by atoms with Gasteiger partial charge in [-0.05, 0) is 31.7 Å². The van der Waals surface area contributed by atoms with E-state index in [0.717, 1.165) is 45.1 Å². The summed E-state index contributed by atoms with van der Waals surface area (Å²) in [6.45, 7) is 4.94. The van der Waals surface area contributed by atoms with E-state index in [1.165, 1.54) is 19.3 Å². The van der Waals surface area contributed by atoms with E-state index >= 15 is 0 Å². The van der Waals surface area contributed by atoms with Gasteiger partial charge in [-0.3, -0.25) is 0 Å². The van der Waals surface area contributed by atoms with Crippen LogP contribution in [-0.2, 0) is 0 Å². The zero-order valence-electron chi connectivity index (χ0n) is 13.6. The maximum absolute atomic E-state index is 13.3. The maximum Gasteiger partial charge on any atom is 0.392 e. The van der Waals surface area contributed by atoms with E-state index < -0.39 is 12.1 Å². The van der Waals surface area contributed by atoms with E-state index in [1.54, 1.807) is 0 Å². The highest BCUT2D eigenvalue weighted by Gasteiger charge is 2.47. The molecule has 0 spiro atoms. The Morgan fingerprint density at radius 3 is 2.29 bits per heavy atom. The predicted molar refractivity (Wildman–Crippen MR) is 82.3 cm³/mol. The topological polar surface area (TPSA) is 12.0 Å². The third kappa shape index (κ3) is 6.58. The highest BCUT2D eigenvalue weighted by molar-refractivity contribution is 4.88. The fourth-order valence-corrected chi connectivity index (χ4v) is 3.75. The molecule has 21 heavy (non-hydrogen) atoms. The molecule has 3 unspecified atom stereocenters. The normalized spacial score (nSPS) is 25.0. The van der Waals surface area contributed by atoms with Crippen LogP contribution in [0.2, 0.25) is 0 Å². The van der Waals surface area contributed by atoms with Crippen molar-refractivity contribution in [2.24, 2.45) is 11.8 Å². The molecule has 1 saturated carbocycles. The van der Waals surface area contributed by atoms with Crippen molar-refractivity contribution in [2.45, 2.75) is 90.3 Å². The van der Waals surface area contributed by atoms with Gasteiger partial charge in [-0.25, -0.2) is 0 Å². The summed E-state index contributed by atoms with van der Waals surface area (Å²) in [5.74, 6) is -1.31. The summed E-state index contributed by atoms with van der Waals surface area (Å²) in [7, 11) is 0.